The highest BCUT2D eigenvalue weighted by molar-refractivity contribution is 5.86. The van der Waals surface area contributed by atoms with Gasteiger partial charge in [-0.3, -0.25) is 0 Å². The summed E-state index contributed by atoms with van der Waals surface area (Å²) in [5.41, 5.74) is 3.85. The minimum Gasteiger partial charge on any atom is -0.369 e. The summed E-state index contributed by atoms with van der Waals surface area (Å²) in [4.78, 5) is 8.67. The second-order valence-corrected chi connectivity index (χ2v) is 5.73. The number of aryl methyl sites for hydroxylation is 3. The molecule has 0 amide bonds. The molecular weight excluding hydrogens is 286 g/mol. The third-order valence-corrected chi connectivity index (χ3v) is 3.85. The third-order valence-electron chi connectivity index (χ3n) is 3.85. The SMILES string of the molecule is Cc1cc(C)c2cc(C#N)c(NCCCn3ccnc3)nc2c1. The molecule has 1 aromatic carbocycles. The van der Waals surface area contributed by atoms with E-state index in [-0.39, 0.29) is 0 Å². The van der Waals surface area contributed by atoms with Crippen LogP contribution in [-0.4, -0.2) is 21.1 Å². The average molecular weight is 305 g/mol. The van der Waals surface area contributed by atoms with E-state index in [4.69, 9.17) is 0 Å². The van der Waals surface area contributed by atoms with Crippen LogP contribution in [-0.2, 0) is 6.54 Å². The maximum Gasteiger partial charge on any atom is 0.144 e. The molecule has 0 spiro atoms. The number of nitrogens with one attached hydrogen (secondary N) is 1. The lowest BCUT2D eigenvalue weighted by Gasteiger charge is -2.11. The number of rotatable bonds is 5. The number of nitriles is 1. The summed E-state index contributed by atoms with van der Waals surface area (Å²) in [5, 5.41) is 13.7. The van der Waals surface area contributed by atoms with Crippen LogP contribution in [0.1, 0.15) is 23.1 Å². The molecule has 0 bridgehead atoms. The summed E-state index contributed by atoms with van der Waals surface area (Å²) >= 11 is 0. The van der Waals surface area contributed by atoms with E-state index in [0.29, 0.717) is 11.4 Å². The Morgan fingerprint density at radius 1 is 1.26 bits per heavy atom. The Labute approximate surface area is 135 Å². The Balaban J connectivity index is 1.78. The second-order valence-electron chi connectivity index (χ2n) is 5.73. The first-order valence-corrected chi connectivity index (χ1v) is 7.69. The van der Waals surface area contributed by atoms with Gasteiger partial charge in [-0.05, 0) is 43.5 Å². The summed E-state index contributed by atoms with van der Waals surface area (Å²) in [6, 6.07) is 8.34. The van der Waals surface area contributed by atoms with Gasteiger partial charge in [-0.1, -0.05) is 6.07 Å². The minimum atomic E-state index is 0.590. The van der Waals surface area contributed by atoms with Crippen LogP contribution < -0.4 is 5.32 Å². The first kappa shape index (κ1) is 15.0. The lowest BCUT2D eigenvalue weighted by Crippen LogP contribution is -2.08. The summed E-state index contributed by atoms with van der Waals surface area (Å²) in [6.45, 7) is 5.76. The topological polar surface area (TPSA) is 66.5 Å². The van der Waals surface area contributed by atoms with Crippen molar-refractivity contribution in [1.29, 1.82) is 5.26 Å². The van der Waals surface area contributed by atoms with Crippen molar-refractivity contribution in [2.24, 2.45) is 0 Å². The van der Waals surface area contributed by atoms with Crippen LogP contribution >= 0.6 is 0 Å². The highest BCUT2D eigenvalue weighted by Crippen LogP contribution is 2.24. The van der Waals surface area contributed by atoms with Gasteiger partial charge in [-0.2, -0.15) is 5.26 Å². The van der Waals surface area contributed by atoms with E-state index in [1.54, 1.807) is 12.5 Å². The molecule has 116 valence electrons. The van der Waals surface area contributed by atoms with Gasteiger partial charge in [0, 0.05) is 30.9 Å². The van der Waals surface area contributed by atoms with Crippen molar-refractivity contribution in [3.63, 3.8) is 0 Å². The van der Waals surface area contributed by atoms with Crippen LogP contribution in [0.5, 0.6) is 0 Å². The largest absolute Gasteiger partial charge is 0.369 e. The van der Waals surface area contributed by atoms with E-state index in [1.807, 2.05) is 16.8 Å². The molecule has 23 heavy (non-hydrogen) atoms. The lowest BCUT2D eigenvalue weighted by molar-refractivity contribution is 0.660. The smallest absolute Gasteiger partial charge is 0.144 e. The number of hydrogen-bond donors (Lipinski definition) is 1. The number of aromatic nitrogens is 3. The van der Waals surface area contributed by atoms with E-state index in [9.17, 15) is 5.26 Å². The molecule has 0 saturated heterocycles. The molecule has 5 heteroatoms. The monoisotopic (exact) mass is 305 g/mol. The van der Waals surface area contributed by atoms with E-state index >= 15 is 0 Å². The Morgan fingerprint density at radius 2 is 2.13 bits per heavy atom. The Bertz CT molecular complexity index is 859. The molecule has 3 aromatic rings. The van der Waals surface area contributed by atoms with Crippen LogP contribution in [0.4, 0.5) is 5.82 Å². The zero-order chi connectivity index (χ0) is 16.2. The van der Waals surface area contributed by atoms with Crippen molar-refractivity contribution in [3.8, 4) is 6.07 Å². The number of pyridine rings is 1. The molecule has 0 aliphatic heterocycles. The number of benzene rings is 1. The molecule has 0 aliphatic carbocycles. The predicted octanol–water partition coefficient (Wildman–Crippen LogP) is 3.42. The highest BCUT2D eigenvalue weighted by Gasteiger charge is 2.08. The van der Waals surface area contributed by atoms with Crippen LogP contribution in [0.3, 0.4) is 0 Å². The zero-order valence-electron chi connectivity index (χ0n) is 13.4. The summed E-state index contributed by atoms with van der Waals surface area (Å²) < 4.78 is 2.04. The lowest BCUT2D eigenvalue weighted by atomic mass is 10.0. The van der Waals surface area contributed by atoms with Gasteiger partial charge >= 0.3 is 0 Å². The van der Waals surface area contributed by atoms with Crippen LogP contribution in [0.25, 0.3) is 10.9 Å². The normalized spacial score (nSPS) is 10.7. The van der Waals surface area contributed by atoms with Gasteiger partial charge in [-0.25, -0.2) is 9.97 Å². The first-order chi connectivity index (χ1) is 11.2. The quantitative estimate of drug-likeness (QED) is 0.733. The fourth-order valence-electron chi connectivity index (χ4n) is 2.74. The molecular formula is C18H19N5. The van der Waals surface area contributed by atoms with Gasteiger partial charge < -0.3 is 9.88 Å². The van der Waals surface area contributed by atoms with Gasteiger partial charge in [0.05, 0.1) is 17.4 Å². The Morgan fingerprint density at radius 3 is 2.87 bits per heavy atom. The molecule has 0 saturated carbocycles. The molecule has 2 heterocycles. The fraction of sp³-hybridized carbons (Fsp3) is 0.278. The summed E-state index contributed by atoms with van der Waals surface area (Å²) in [7, 11) is 0. The maximum absolute atomic E-state index is 9.39. The van der Waals surface area contributed by atoms with E-state index in [0.717, 1.165) is 36.0 Å². The van der Waals surface area contributed by atoms with Crippen molar-refractivity contribution < 1.29 is 0 Å². The van der Waals surface area contributed by atoms with Crippen molar-refractivity contribution in [2.75, 3.05) is 11.9 Å². The molecule has 2 aromatic heterocycles. The van der Waals surface area contributed by atoms with Crippen LogP contribution in [0.15, 0.2) is 36.9 Å². The first-order valence-electron chi connectivity index (χ1n) is 7.69. The molecule has 0 unspecified atom stereocenters. The highest BCUT2D eigenvalue weighted by atomic mass is 15.0. The average Bonchev–Trinajstić information content (AvgIpc) is 3.04. The van der Waals surface area contributed by atoms with Gasteiger partial charge in [-0.15, -0.1) is 0 Å². The Hall–Kier alpha value is -2.87. The molecule has 3 rings (SSSR count). The van der Waals surface area contributed by atoms with Gasteiger partial charge in [0.25, 0.3) is 0 Å². The predicted molar refractivity (Wildman–Crippen MR) is 91.3 cm³/mol. The van der Waals surface area contributed by atoms with E-state index in [2.05, 4.69) is 47.3 Å². The summed E-state index contributed by atoms with van der Waals surface area (Å²) in [5.74, 6) is 0.663. The molecule has 0 aliphatic rings. The van der Waals surface area contributed by atoms with Gasteiger partial charge in [0.1, 0.15) is 11.9 Å². The van der Waals surface area contributed by atoms with Crippen molar-refractivity contribution >= 4 is 16.7 Å². The molecule has 1 N–H and O–H groups in total. The zero-order valence-corrected chi connectivity index (χ0v) is 13.4. The van der Waals surface area contributed by atoms with E-state index < -0.39 is 0 Å². The van der Waals surface area contributed by atoms with Crippen molar-refractivity contribution in [1.82, 2.24) is 14.5 Å². The number of nitrogens with zero attached hydrogens (tertiary/aromatic N) is 4. The van der Waals surface area contributed by atoms with Crippen LogP contribution in [0, 0.1) is 25.2 Å². The number of fused-ring (bicyclic) bond motifs is 1. The number of anilines is 1. The molecule has 0 radical (unpaired) electrons. The summed E-state index contributed by atoms with van der Waals surface area (Å²) in [6.07, 6.45) is 6.46. The third kappa shape index (κ3) is 3.32. The van der Waals surface area contributed by atoms with Gasteiger partial charge in [0.2, 0.25) is 0 Å². The molecule has 0 atom stereocenters. The molecule has 0 fully saturated rings. The standard InChI is InChI=1S/C18H19N5/c1-13-8-14(2)16-10-15(11-19)18(22-17(16)9-13)21-4-3-6-23-7-5-20-12-23/h5,7-10,12H,3-4,6H2,1-2H3,(H,21,22). The number of hydrogen-bond acceptors (Lipinski definition) is 4. The fourth-order valence-corrected chi connectivity index (χ4v) is 2.74. The van der Waals surface area contributed by atoms with Crippen molar-refractivity contribution in [2.45, 2.75) is 26.8 Å². The van der Waals surface area contributed by atoms with Crippen LogP contribution in [0.2, 0.25) is 0 Å². The maximum atomic E-state index is 9.39. The van der Waals surface area contributed by atoms with Gasteiger partial charge in [0.15, 0.2) is 0 Å². The van der Waals surface area contributed by atoms with Crippen molar-refractivity contribution in [3.05, 3.63) is 53.6 Å². The second kappa shape index (κ2) is 6.49. The van der Waals surface area contributed by atoms with E-state index in [1.165, 1.54) is 5.56 Å². The molecule has 5 nitrogen and oxygen atoms in total. The number of imidazole rings is 1. The minimum absolute atomic E-state index is 0.590. The Kier molecular flexibility index (Phi) is 4.24.